The van der Waals surface area contributed by atoms with E-state index < -0.39 is 9.84 Å². The number of benzene rings is 2. The average molecular weight is 479 g/mol. The summed E-state index contributed by atoms with van der Waals surface area (Å²) in [4.78, 5) is 17.2. The first-order valence-electron chi connectivity index (χ1n) is 9.93. The predicted octanol–water partition coefficient (Wildman–Crippen LogP) is 4.12. The van der Waals surface area contributed by atoms with E-state index in [2.05, 4.69) is 46.8 Å². The maximum absolute atomic E-state index is 13.2. The summed E-state index contributed by atoms with van der Waals surface area (Å²) in [5.41, 5.74) is 2.71. The zero-order chi connectivity index (χ0) is 21.0. The second-order valence-electron chi connectivity index (χ2n) is 7.34. The van der Waals surface area contributed by atoms with E-state index in [0.29, 0.717) is 18.5 Å². The zero-order valence-electron chi connectivity index (χ0n) is 16.8. The maximum atomic E-state index is 13.2. The van der Waals surface area contributed by atoms with Gasteiger partial charge in [0.15, 0.2) is 9.84 Å². The van der Waals surface area contributed by atoms with Crippen molar-refractivity contribution in [3.8, 4) is 0 Å². The summed E-state index contributed by atoms with van der Waals surface area (Å²) in [6.07, 6.45) is 0.488. The summed E-state index contributed by atoms with van der Waals surface area (Å²) in [6, 6.07) is 15.1. The summed E-state index contributed by atoms with van der Waals surface area (Å²) in [5, 5.41) is 0. The van der Waals surface area contributed by atoms with E-state index in [1.165, 1.54) is 0 Å². The highest BCUT2D eigenvalue weighted by Crippen LogP contribution is 2.24. The summed E-state index contributed by atoms with van der Waals surface area (Å²) in [6.45, 7) is 6.51. The minimum atomic E-state index is -3.09. The van der Waals surface area contributed by atoms with E-state index in [4.69, 9.17) is 0 Å². The molecule has 0 bridgehead atoms. The van der Waals surface area contributed by atoms with Gasteiger partial charge in [-0.2, -0.15) is 0 Å². The first-order valence-corrected chi connectivity index (χ1v) is 12.5. The van der Waals surface area contributed by atoms with Crippen LogP contribution in [0.25, 0.3) is 0 Å². The van der Waals surface area contributed by atoms with Gasteiger partial charge in [0.2, 0.25) is 0 Å². The molecule has 0 radical (unpaired) electrons. The van der Waals surface area contributed by atoms with E-state index in [0.717, 1.165) is 28.8 Å². The van der Waals surface area contributed by atoms with Crippen LogP contribution < -0.4 is 4.90 Å². The largest absolute Gasteiger partial charge is 0.372 e. The van der Waals surface area contributed by atoms with Gasteiger partial charge in [0, 0.05) is 41.4 Å². The minimum absolute atomic E-state index is 0.0345. The lowest BCUT2D eigenvalue weighted by molar-refractivity contribution is 0.0681. The summed E-state index contributed by atoms with van der Waals surface area (Å²) >= 11 is 3.39. The van der Waals surface area contributed by atoms with Crippen LogP contribution in [-0.2, 0) is 16.4 Å². The molecule has 2 aromatic rings. The Morgan fingerprint density at radius 2 is 1.66 bits per heavy atom. The summed E-state index contributed by atoms with van der Waals surface area (Å²) in [7, 11) is -3.09. The van der Waals surface area contributed by atoms with Crippen molar-refractivity contribution in [3.05, 3.63) is 64.1 Å². The SMILES string of the molecule is CCN(CC)c1ccc(CN(C(=O)c2ccc(Br)cc2)C2CCS(=O)(=O)C2)cc1. The molecule has 1 atom stereocenters. The van der Waals surface area contributed by atoms with Crippen LogP contribution in [0.5, 0.6) is 0 Å². The van der Waals surface area contributed by atoms with Crippen molar-refractivity contribution in [1.29, 1.82) is 0 Å². The third kappa shape index (κ3) is 5.39. The number of carbonyl (C=O) groups excluding carboxylic acids is 1. The molecule has 0 saturated carbocycles. The molecule has 0 aromatic heterocycles. The van der Waals surface area contributed by atoms with Crippen LogP contribution in [0, 0.1) is 0 Å². The molecular weight excluding hydrogens is 452 g/mol. The number of rotatable bonds is 7. The third-order valence-electron chi connectivity index (χ3n) is 5.42. The Bertz CT molecular complexity index is 939. The van der Waals surface area contributed by atoms with E-state index in [9.17, 15) is 13.2 Å². The number of halogens is 1. The Kier molecular flexibility index (Phi) is 7.01. The second-order valence-corrected chi connectivity index (χ2v) is 10.5. The first kappa shape index (κ1) is 21.8. The highest BCUT2D eigenvalue weighted by Gasteiger charge is 2.35. The van der Waals surface area contributed by atoms with Crippen molar-refractivity contribution in [2.24, 2.45) is 0 Å². The van der Waals surface area contributed by atoms with Crippen LogP contribution in [-0.4, -0.2) is 49.9 Å². The van der Waals surface area contributed by atoms with Gasteiger partial charge >= 0.3 is 0 Å². The fourth-order valence-electron chi connectivity index (χ4n) is 3.74. The quantitative estimate of drug-likeness (QED) is 0.600. The minimum Gasteiger partial charge on any atom is -0.372 e. The Balaban J connectivity index is 1.85. The van der Waals surface area contributed by atoms with Crippen LogP contribution in [0.3, 0.4) is 0 Å². The van der Waals surface area contributed by atoms with Gasteiger partial charge in [-0.1, -0.05) is 28.1 Å². The summed E-state index contributed by atoms with van der Waals surface area (Å²) < 4.78 is 25.0. The number of nitrogens with zero attached hydrogens (tertiary/aromatic N) is 2. The fourth-order valence-corrected chi connectivity index (χ4v) is 5.74. The van der Waals surface area contributed by atoms with Crippen molar-refractivity contribution in [1.82, 2.24) is 4.90 Å². The molecule has 5 nitrogen and oxygen atoms in total. The van der Waals surface area contributed by atoms with Gasteiger partial charge in [0.1, 0.15) is 0 Å². The van der Waals surface area contributed by atoms with Gasteiger partial charge in [0.05, 0.1) is 11.5 Å². The molecular formula is C22H27BrN2O3S. The fraction of sp³-hybridized carbons (Fsp3) is 0.409. The lowest BCUT2D eigenvalue weighted by atomic mass is 10.1. The van der Waals surface area contributed by atoms with Crippen molar-refractivity contribution >= 4 is 37.4 Å². The van der Waals surface area contributed by atoms with Crippen LogP contribution in [0.1, 0.15) is 36.2 Å². The van der Waals surface area contributed by atoms with Crippen molar-refractivity contribution in [3.63, 3.8) is 0 Å². The Labute approximate surface area is 181 Å². The van der Waals surface area contributed by atoms with Crippen molar-refractivity contribution in [2.75, 3.05) is 29.5 Å². The Morgan fingerprint density at radius 3 is 2.17 bits per heavy atom. The van der Waals surface area contributed by atoms with E-state index in [-0.39, 0.29) is 23.5 Å². The molecule has 1 amide bonds. The molecule has 1 unspecified atom stereocenters. The van der Waals surface area contributed by atoms with Gasteiger partial charge in [-0.15, -0.1) is 0 Å². The van der Waals surface area contributed by atoms with Gasteiger partial charge in [0.25, 0.3) is 5.91 Å². The Hall–Kier alpha value is -1.86. The number of hydrogen-bond donors (Lipinski definition) is 0. The van der Waals surface area contributed by atoms with Gasteiger partial charge in [-0.05, 0) is 62.2 Å². The highest BCUT2D eigenvalue weighted by atomic mass is 79.9. The van der Waals surface area contributed by atoms with Gasteiger partial charge in [-0.3, -0.25) is 4.79 Å². The number of amides is 1. The van der Waals surface area contributed by atoms with E-state index >= 15 is 0 Å². The lowest BCUT2D eigenvalue weighted by Crippen LogP contribution is -2.40. The monoisotopic (exact) mass is 478 g/mol. The molecule has 0 spiro atoms. The molecule has 1 saturated heterocycles. The van der Waals surface area contributed by atoms with Crippen molar-refractivity contribution < 1.29 is 13.2 Å². The topological polar surface area (TPSA) is 57.7 Å². The standard InChI is InChI=1S/C22H27BrN2O3S/c1-3-24(4-2)20-11-5-17(6-12-20)15-25(21-13-14-29(27,28)16-21)22(26)18-7-9-19(23)10-8-18/h5-12,21H,3-4,13-16H2,1-2H3. The average Bonchev–Trinajstić information content (AvgIpc) is 3.07. The molecule has 1 aliphatic rings. The predicted molar refractivity (Wildman–Crippen MR) is 121 cm³/mol. The third-order valence-corrected chi connectivity index (χ3v) is 7.70. The number of carbonyl (C=O) groups is 1. The molecule has 1 aliphatic heterocycles. The maximum Gasteiger partial charge on any atom is 0.254 e. The number of anilines is 1. The summed E-state index contributed by atoms with van der Waals surface area (Å²) in [5.74, 6) is 0.0441. The number of sulfone groups is 1. The molecule has 2 aromatic carbocycles. The molecule has 0 N–H and O–H groups in total. The Morgan fingerprint density at radius 1 is 1.03 bits per heavy atom. The zero-order valence-corrected chi connectivity index (χ0v) is 19.2. The van der Waals surface area contributed by atoms with E-state index in [1.807, 2.05) is 24.3 Å². The van der Waals surface area contributed by atoms with E-state index in [1.54, 1.807) is 17.0 Å². The van der Waals surface area contributed by atoms with Crippen LogP contribution in [0.15, 0.2) is 53.0 Å². The molecule has 29 heavy (non-hydrogen) atoms. The van der Waals surface area contributed by atoms with Crippen molar-refractivity contribution in [2.45, 2.75) is 32.9 Å². The smallest absolute Gasteiger partial charge is 0.254 e. The molecule has 1 fully saturated rings. The highest BCUT2D eigenvalue weighted by molar-refractivity contribution is 9.10. The van der Waals surface area contributed by atoms with Crippen LogP contribution in [0.4, 0.5) is 5.69 Å². The van der Waals surface area contributed by atoms with Gasteiger partial charge < -0.3 is 9.80 Å². The molecule has 3 rings (SSSR count). The molecule has 156 valence electrons. The molecule has 1 heterocycles. The molecule has 7 heteroatoms. The van der Waals surface area contributed by atoms with Crippen LogP contribution >= 0.6 is 15.9 Å². The number of hydrogen-bond acceptors (Lipinski definition) is 4. The normalized spacial score (nSPS) is 17.8. The molecule has 0 aliphatic carbocycles. The second kappa shape index (κ2) is 9.30. The first-order chi connectivity index (χ1) is 13.8. The van der Waals surface area contributed by atoms with Crippen LogP contribution in [0.2, 0.25) is 0 Å². The lowest BCUT2D eigenvalue weighted by Gasteiger charge is -2.29. The van der Waals surface area contributed by atoms with Gasteiger partial charge in [-0.25, -0.2) is 8.42 Å².